The van der Waals surface area contributed by atoms with Gasteiger partial charge in [-0.05, 0) is 87.4 Å². The molecular formula is C23H31IN4O2. The summed E-state index contributed by atoms with van der Waals surface area (Å²) in [6.45, 7) is 6.09. The predicted octanol–water partition coefficient (Wildman–Crippen LogP) is 5.11. The zero-order valence-electron chi connectivity index (χ0n) is 17.8. The van der Waals surface area contributed by atoms with E-state index in [-0.39, 0.29) is 24.0 Å². The molecule has 0 spiro atoms. The molecule has 162 valence electrons. The molecule has 0 bridgehead atoms. The normalized spacial score (nSPS) is 13.2. The number of anilines is 2. The summed E-state index contributed by atoms with van der Waals surface area (Å²) < 4.78 is 5.25. The molecule has 6 nitrogen and oxygen atoms in total. The third kappa shape index (κ3) is 7.51. The number of nitrogens with one attached hydrogen (secondary N) is 2. The van der Waals surface area contributed by atoms with Crippen LogP contribution in [0.2, 0.25) is 0 Å². The molecule has 2 aromatic rings. The van der Waals surface area contributed by atoms with Crippen molar-refractivity contribution in [2.24, 2.45) is 10.7 Å². The van der Waals surface area contributed by atoms with Crippen LogP contribution in [0, 0.1) is 0 Å². The number of nitrogens with two attached hydrogens (primary N) is 1. The van der Waals surface area contributed by atoms with Gasteiger partial charge in [0.15, 0.2) is 5.96 Å². The summed E-state index contributed by atoms with van der Waals surface area (Å²) in [5.74, 6) is 0.422. The standard InChI is InChI=1S/C23H30N4O2.HI/c1-23(2,3)29-22(28)27-19-10-7-16(8-11-19)13-14-25-21(24)26-20-12-9-17-5-4-6-18(17)15-20;/h7-12,15H,4-6,13-14H2,1-3H3,(H,27,28)(H3,24,25,26);1H. The van der Waals surface area contributed by atoms with Crippen molar-refractivity contribution >= 4 is 47.4 Å². The van der Waals surface area contributed by atoms with E-state index in [9.17, 15) is 4.79 Å². The van der Waals surface area contributed by atoms with E-state index in [2.05, 4.69) is 33.8 Å². The first-order chi connectivity index (χ1) is 13.8. The second-order valence-corrected chi connectivity index (χ2v) is 8.30. The molecule has 30 heavy (non-hydrogen) atoms. The molecule has 3 rings (SSSR count). The molecule has 0 fully saturated rings. The molecule has 0 radical (unpaired) electrons. The van der Waals surface area contributed by atoms with E-state index in [1.165, 1.54) is 24.0 Å². The maximum atomic E-state index is 11.8. The summed E-state index contributed by atoms with van der Waals surface area (Å²) in [4.78, 5) is 16.2. The molecular weight excluding hydrogens is 491 g/mol. The highest BCUT2D eigenvalue weighted by atomic mass is 127. The number of aliphatic imine (C=N–C) groups is 1. The number of carbonyl (C=O) groups is 1. The van der Waals surface area contributed by atoms with Crippen LogP contribution in [0.1, 0.15) is 43.9 Å². The highest BCUT2D eigenvalue weighted by Gasteiger charge is 2.16. The number of benzene rings is 2. The molecule has 1 aliphatic rings. The fraction of sp³-hybridized carbons (Fsp3) is 0.391. The van der Waals surface area contributed by atoms with Crippen molar-refractivity contribution in [2.45, 2.75) is 52.1 Å². The zero-order chi connectivity index (χ0) is 20.9. The zero-order valence-corrected chi connectivity index (χ0v) is 20.2. The van der Waals surface area contributed by atoms with Gasteiger partial charge in [-0.25, -0.2) is 4.79 Å². The second kappa shape index (κ2) is 10.7. The van der Waals surface area contributed by atoms with E-state index in [0.29, 0.717) is 18.2 Å². The number of ether oxygens (including phenoxy) is 1. The SMILES string of the molecule is CC(C)(C)OC(=O)Nc1ccc(CCN=C(N)Nc2ccc3c(c2)CCC3)cc1.I. The van der Waals surface area contributed by atoms with Crippen molar-refractivity contribution in [1.82, 2.24) is 0 Å². The Morgan fingerprint density at radius 1 is 1.03 bits per heavy atom. The van der Waals surface area contributed by atoms with Gasteiger partial charge in [0.2, 0.25) is 0 Å². The Balaban J connectivity index is 0.00000320. The fourth-order valence-electron chi connectivity index (χ4n) is 3.32. The first kappa shape index (κ1) is 24.0. The number of hydrogen-bond acceptors (Lipinski definition) is 3. The van der Waals surface area contributed by atoms with Crippen LogP contribution in [-0.2, 0) is 24.0 Å². The summed E-state index contributed by atoms with van der Waals surface area (Å²) in [7, 11) is 0. The molecule has 4 N–H and O–H groups in total. The first-order valence-electron chi connectivity index (χ1n) is 10.1. The third-order valence-electron chi connectivity index (χ3n) is 4.65. The van der Waals surface area contributed by atoms with Gasteiger partial charge in [0.25, 0.3) is 0 Å². The lowest BCUT2D eigenvalue weighted by Crippen LogP contribution is -2.27. The van der Waals surface area contributed by atoms with Gasteiger partial charge in [-0.3, -0.25) is 10.3 Å². The van der Waals surface area contributed by atoms with Gasteiger partial charge >= 0.3 is 6.09 Å². The Morgan fingerprint density at radius 2 is 1.70 bits per heavy atom. The molecule has 2 aromatic carbocycles. The number of nitrogens with zero attached hydrogens (tertiary/aromatic N) is 1. The minimum Gasteiger partial charge on any atom is -0.444 e. The molecule has 0 unspecified atom stereocenters. The van der Waals surface area contributed by atoms with Gasteiger partial charge in [0.05, 0.1) is 0 Å². The van der Waals surface area contributed by atoms with Crippen molar-refractivity contribution in [3.8, 4) is 0 Å². The van der Waals surface area contributed by atoms with E-state index >= 15 is 0 Å². The fourth-order valence-corrected chi connectivity index (χ4v) is 3.32. The maximum absolute atomic E-state index is 11.8. The summed E-state index contributed by atoms with van der Waals surface area (Å²) in [5.41, 5.74) is 11.2. The number of amides is 1. The number of rotatable bonds is 5. The van der Waals surface area contributed by atoms with Gasteiger partial charge in [0, 0.05) is 17.9 Å². The Labute approximate surface area is 195 Å². The van der Waals surface area contributed by atoms with Crippen molar-refractivity contribution in [1.29, 1.82) is 0 Å². The third-order valence-corrected chi connectivity index (χ3v) is 4.65. The van der Waals surface area contributed by atoms with Crippen molar-refractivity contribution in [3.05, 3.63) is 59.2 Å². The lowest BCUT2D eigenvalue weighted by molar-refractivity contribution is 0.0636. The van der Waals surface area contributed by atoms with Crippen molar-refractivity contribution in [3.63, 3.8) is 0 Å². The van der Waals surface area contributed by atoms with Crippen LogP contribution in [0.3, 0.4) is 0 Å². The minimum atomic E-state index is -0.518. The molecule has 0 aromatic heterocycles. The summed E-state index contributed by atoms with van der Waals surface area (Å²) in [5, 5.41) is 5.90. The Hall–Kier alpha value is -2.29. The van der Waals surface area contributed by atoms with Crippen LogP contribution in [0.15, 0.2) is 47.5 Å². The highest BCUT2D eigenvalue weighted by molar-refractivity contribution is 14.0. The van der Waals surface area contributed by atoms with E-state index < -0.39 is 11.7 Å². The van der Waals surface area contributed by atoms with Crippen LogP contribution < -0.4 is 16.4 Å². The Bertz CT molecular complexity index is 889. The lowest BCUT2D eigenvalue weighted by atomic mass is 10.1. The number of hydrogen-bond donors (Lipinski definition) is 3. The topological polar surface area (TPSA) is 88.7 Å². The van der Waals surface area contributed by atoms with E-state index in [1.54, 1.807) is 0 Å². The first-order valence-corrected chi connectivity index (χ1v) is 10.1. The van der Waals surface area contributed by atoms with Crippen LogP contribution in [0.5, 0.6) is 0 Å². The Kier molecular flexibility index (Phi) is 8.52. The minimum absolute atomic E-state index is 0. The van der Waals surface area contributed by atoms with Gasteiger partial charge in [-0.2, -0.15) is 0 Å². The average molecular weight is 522 g/mol. The van der Waals surface area contributed by atoms with Crippen LogP contribution in [0.25, 0.3) is 0 Å². The van der Waals surface area contributed by atoms with E-state index in [0.717, 1.165) is 24.1 Å². The van der Waals surface area contributed by atoms with Gasteiger partial charge < -0.3 is 15.8 Å². The maximum Gasteiger partial charge on any atom is 0.412 e. The van der Waals surface area contributed by atoms with E-state index in [1.807, 2.05) is 45.0 Å². The van der Waals surface area contributed by atoms with E-state index in [4.69, 9.17) is 10.5 Å². The van der Waals surface area contributed by atoms with Crippen molar-refractivity contribution < 1.29 is 9.53 Å². The van der Waals surface area contributed by atoms with Gasteiger partial charge in [-0.1, -0.05) is 18.2 Å². The van der Waals surface area contributed by atoms with Crippen molar-refractivity contribution in [2.75, 3.05) is 17.2 Å². The highest BCUT2D eigenvalue weighted by Crippen LogP contribution is 2.24. The largest absolute Gasteiger partial charge is 0.444 e. The molecule has 0 saturated heterocycles. The molecule has 0 atom stereocenters. The van der Waals surface area contributed by atoms with Gasteiger partial charge in [0.1, 0.15) is 5.60 Å². The summed E-state index contributed by atoms with van der Waals surface area (Å²) >= 11 is 0. The lowest BCUT2D eigenvalue weighted by Gasteiger charge is -2.19. The monoisotopic (exact) mass is 522 g/mol. The molecule has 1 amide bonds. The molecule has 0 saturated carbocycles. The van der Waals surface area contributed by atoms with Crippen LogP contribution in [0.4, 0.5) is 16.2 Å². The van der Waals surface area contributed by atoms with Crippen LogP contribution in [-0.4, -0.2) is 24.2 Å². The molecule has 1 aliphatic carbocycles. The Morgan fingerprint density at radius 3 is 2.40 bits per heavy atom. The number of halogens is 1. The number of carbonyl (C=O) groups excluding carboxylic acids is 1. The molecule has 7 heteroatoms. The average Bonchev–Trinajstić information content (AvgIpc) is 3.09. The van der Waals surface area contributed by atoms with Gasteiger partial charge in [-0.15, -0.1) is 24.0 Å². The second-order valence-electron chi connectivity index (χ2n) is 8.30. The molecule has 0 heterocycles. The number of guanidine groups is 1. The number of fused-ring (bicyclic) bond motifs is 1. The quantitative estimate of drug-likeness (QED) is 0.289. The predicted molar refractivity (Wildman–Crippen MR) is 134 cm³/mol. The number of aryl methyl sites for hydroxylation is 2. The van der Waals surface area contributed by atoms with Crippen LogP contribution >= 0.6 is 24.0 Å². The smallest absolute Gasteiger partial charge is 0.412 e. The molecule has 0 aliphatic heterocycles. The summed E-state index contributed by atoms with van der Waals surface area (Å²) in [6.07, 6.45) is 3.85. The summed E-state index contributed by atoms with van der Waals surface area (Å²) in [6, 6.07) is 14.0.